The van der Waals surface area contributed by atoms with Crippen LogP contribution < -0.4 is 0 Å². The van der Waals surface area contributed by atoms with Crippen molar-refractivity contribution in [2.45, 2.75) is 33.6 Å². The topological polar surface area (TPSA) is 0 Å². The van der Waals surface area contributed by atoms with Crippen LogP contribution in [0.25, 0.3) is 0 Å². The Morgan fingerprint density at radius 2 is 2.11 bits per heavy atom. The zero-order valence-corrected chi connectivity index (χ0v) is 6.57. The number of hydrogen-bond acceptors (Lipinski definition) is 0. The van der Waals surface area contributed by atoms with Gasteiger partial charge in [-0.05, 0) is 24.2 Å². The molecular formula is C9H15. The molecule has 0 saturated carbocycles. The number of rotatable bonds is 0. The summed E-state index contributed by atoms with van der Waals surface area (Å²) < 4.78 is 0. The molecule has 1 aliphatic rings. The van der Waals surface area contributed by atoms with Crippen LogP contribution in [0.5, 0.6) is 0 Å². The van der Waals surface area contributed by atoms with E-state index in [4.69, 9.17) is 0 Å². The third-order valence-electron chi connectivity index (χ3n) is 1.79. The van der Waals surface area contributed by atoms with Crippen LogP contribution in [0.3, 0.4) is 0 Å². The summed E-state index contributed by atoms with van der Waals surface area (Å²) in [6.07, 6.45) is 7.06. The van der Waals surface area contributed by atoms with Crippen LogP contribution in [-0.2, 0) is 0 Å². The molecule has 0 heterocycles. The molecule has 0 aromatic rings. The first-order valence-corrected chi connectivity index (χ1v) is 3.59. The average molecular weight is 123 g/mol. The summed E-state index contributed by atoms with van der Waals surface area (Å²) in [7, 11) is 0. The molecule has 0 spiro atoms. The van der Waals surface area contributed by atoms with Crippen LogP contribution in [0.15, 0.2) is 12.2 Å². The zero-order valence-electron chi connectivity index (χ0n) is 6.57. The number of hydrogen-bond donors (Lipinski definition) is 0. The van der Waals surface area contributed by atoms with E-state index in [9.17, 15) is 0 Å². The zero-order chi connectivity index (χ0) is 6.91. The minimum absolute atomic E-state index is 0.433. The Morgan fingerprint density at radius 3 is 2.44 bits per heavy atom. The Bertz CT molecular complexity index is 120. The van der Waals surface area contributed by atoms with Crippen LogP contribution in [0, 0.1) is 11.3 Å². The minimum atomic E-state index is 0.433. The summed E-state index contributed by atoms with van der Waals surface area (Å²) >= 11 is 0. The van der Waals surface area contributed by atoms with E-state index in [1.165, 1.54) is 12.8 Å². The lowest BCUT2D eigenvalue weighted by Crippen LogP contribution is -2.14. The van der Waals surface area contributed by atoms with Crippen LogP contribution in [0.2, 0.25) is 0 Å². The Labute approximate surface area is 58.0 Å². The van der Waals surface area contributed by atoms with Crippen molar-refractivity contribution in [1.29, 1.82) is 0 Å². The van der Waals surface area contributed by atoms with Gasteiger partial charge in [-0.2, -0.15) is 0 Å². The molecule has 1 rings (SSSR count). The molecule has 1 radical (unpaired) electrons. The molecule has 0 saturated heterocycles. The van der Waals surface area contributed by atoms with E-state index >= 15 is 0 Å². The fourth-order valence-corrected chi connectivity index (χ4v) is 1.49. The van der Waals surface area contributed by atoms with Gasteiger partial charge in [0.1, 0.15) is 0 Å². The predicted molar refractivity (Wildman–Crippen MR) is 41.1 cm³/mol. The summed E-state index contributed by atoms with van der Waals surface area (Å²) in [4.78, 5) is 0. The molecule has 0 atom stereocenters. The van der Waals surface area contributed by atoms with E-state index in [1.54, 1.807) is 5.92 Å². The van der Waals surface area contributed by atoms with E-state index in [2.05, 4.69) is 32.9 Å². The average Bonchev–Trinajstić information content (AvgIpc) is 1.60. The molecule has 0 unspecified atom stereocenters. The van der Waals surface area contributed by atoms with Crippen molar-refractivity contribution in [3.8, 4) is 0 Å². The van der Waals surface area contributed by atoms with Crippen molar-refractivity contribution in [3.05, 3.63) is 18.1 Å². The fourth-order valence-electron chi connectivity index (χ4n) is 1.49. The second kappa shape index (κ2) is 2.17. The van der Waals surface area contributed by atoms with Crippen LogP contribution in [-0.4, -0.2) is 0 Å². The van der Waals surface area contributed by atoms with E-state index in [0.29, 0.717) is 5.41 Å². The van der Waals surface area contributed by atoms with Crippen LogP contribution in [0.1, 0.15) is 33.6 Å². The Hall–Kier alpha value is -0.260. The third-order valence-corrected chi connectivity index (χ3v) is 1.79. The van der Waals surface area contributed by atoms with Crippen LogP contribution in [0.4, 0.5) is 0 Å². The van der Waals surface area contributed by atoms with Gasteiger partial charge in [0.2, 0.25) is 0 Å². The first-order valence-electron chi connectivity index (χ1n) is 3.59. The maximum atomic E-state index is 2.32. The third kappa shape index (κ3) is 1.85. The molecule has 0 bridgehead atoms. The van der Waals surface area contributed by atoms with Crippen molar-refractivity contribution in [2.75, 3.05) is 0 Å². The molecule has 0 aromatic heterocycles. The van der Waals surface area contributed by atoms with Crippen molar-refractivity contribution in [3.63, 3.8) is 0 Å². The van der Waals surface area contributed by atoms with Gasteiger partial charge in [-0.25, -0.2) is 0 Å². The molecule has 51 valence electrons. The monoisotopic (exact) mass is 123 g/mol. The van der Waals surface area contributed by atoms with Gasteiger partial charge in [0, 0.05) is 0 Å². The van der Waals surface area contributed by atoms with Crippen molar-refractivity contribution >= 4 is 0 Å². The van der Waals surface area contributed by atoms with Gasteiger partial charge in [0.15, 0.2) is 0 Å². The normalized spacial score (nSPS) is 26.6. The maximum absolute atomic E-state index is 2.32. The molecule has 0 N–H and O–H groups in total. The second-order valence-electron chi connectivity index (χ2n) is 3.73. The van der Waals surface area contributed by atoms with Crippen molar-refractivity contribution < 1.29 is 0 Å². The van der Waals surface area contributed by atoms with Crippen molar-refractivity contribution in [1.82, 2.24) is 0 Å². The second-order valence-corrected chi connectivity index (χ2v) is 3.73. The van der Waals surface area contributed by atoms with Gasteiger partial charge in [0.25, 0.3) is 0 Å². The van der Waals surface area contributed by atoms with Gasteiger partial charge in [0.05, 0.1) is 0 Å². The van der Waals surface area contributed by atoms with E-state index in [1.807, 2.05) is 0 Å². The molecule has 0 amide bonds. The SMILES string of the molecule is C[C]1CC=CC(C)(C)C1. The van der Waals surface area contributed by atoms with Crippen LogP contribution >= 0.6 is 0 Å². The Balaban J connectivity index is 2.60. The molecule has 9 heavy (non-hydrogen) atoms. The molecule has 0 heteroatoms. The number of allylic oxidation sites excluding steroid dienone is 2. The highest BCUT2D eigenvalue weighted by Gasteiger charge is 2.20. The first-order chi connectivity index (χ1) is 4.10. The van der Waals surface area contributed by atoms with E-state index < -0.39 is 0 Å². The summed E-state index contributed by atoms with van der Waals surface area (Å²) in [5.74, 6) is 1.61. The van der Waals surface area contributed by atoms with E-state index in [0.717, 1.165) is 0 Å². The molecular weight excluding hydrogens is 108 g/mol. The Morgan fingerprint density at radius 1 is 1.44 bits per heavy atom. The maximum Gasteiger partial charge on any atom is -0.0169 e. The molecule has 1 aliphatic carbocycles. The summed E-state index contributed by atoms with van der Waals surface area (Å²) in [6.45, 7) is 6.81. The summed E-state index contributed by atoms with van der Waals surface area (Å²) in [5, 5.41) is 0. The predicted octanol–water partition coefficient (Wildman–Crippen LogP) is 2.96. The summed E-state index contributed by atoms with van der Waals surface area (Å²) in [5.41, 5.74) is 0.433. The molecule has 0 fully saturated rings. The van der Waals surface area contributed by atoms with Gasteiger partial charge < -0.3 is 0 Å². The molecule has 0 aromatic carbocycles. The molecule has 0 aliphatic heterocycles. The minimum Gasteiger partial charge on any atom is -0.0874 e. The largest absolute Gasteiger partial charge is 0.0874 e. The standard InChI is InChI=1S/C9H15/c1-8-5-4-6-9(2,3)7-8/h4,6H,5,7H2,1-3H3. The first kappa shape index (κ1) is 6.85. The summed E-state index contributed by atoms with van der Waals surface area (Å²) in [6, 6.07) is 0. The highest BCUT2D eigenvalue weighted by atomic mass is 14.2. The quantitative estimate of drug-likeness (QED) is 0.434. The van der Waals surface area contributed by atoms with Gasteiger partial charge in [-0.15, -0.1) is 0 Å². The van der Waals surface area contributed by atoms with E-state index in [-0.39, 0.29) is 0 Å². The lowest BCUT2D eigenvalue weighted by molar-refractivity contribution is 0.428. The van der Waals surface area contributed by atoms with Gasteiger partial charge >= 0.3 is 0 Å². The fraction of sp³-hybridized carbons (Fsp3) is 0.667. The lowest BCUT2D eigenvalue weighted by Gasteiger charge is -2.27. The molecule has 0 nitrogen and oxygen atoms in total. The van der Waals surface area contributed by atoms with Gasteiger partial charge in [-0.1, -0.05) is 32.9 Å². The van der Waals surface area contributed by atoms with Crippen molar-refractivity contribution in [2.24, 2.45) is 5.41 Å². The smallest absolute Gasteiger partial charge is 0.0169 e. The highest BCUT2D eigenvalue weighted by molar-refractivity contribution is 5.10. The highest BCUT2D eigenvalue weighted by Crippen LogP contribution is 2.33. The van der Waals surface area contributed by atoms with Gasteiger partial charge in [-0.3, -0.25) is 0 Å². The lowest BCUT2D eigenvalue weighted by atomic mass is 9.78. The Kier molecular flexibility index (Phi) is 1.65.